The first kappa shape index (κ1) is 13.5. The molecule has 0 bridgehead atoms. The van der Waals surface area contributed by atoms with Gasteiger partial charge in [0.15, 0.2) is 0 Å². The number of halogens is 2. The van der Waals surface area contributed by atoms with E-state index in [4.69, 9.17) is 0 Å². The average Bonchev–Trinajstić information content (AvgIpc) is 2.32. The summed E-state index contributed by atoms with van der Waals surface area (Å²) in [5.74, 6) is 0.350. The second-order valence-corrected chi connectivity index (χ2v) is 3.84. The van der Waals surface area contributed by atoms with Crippen molar-refractivity contribution >= 4 is 42.6 Å². The fourth-order valence-corrected chi connectivity index (χ4v) is 2.00. The lowest BCUT2D eigenvalue weighted by atomic mass is 10.1. The molecule has 0 aliphatic carbocycles. The fraction of sp³-hybridized carbons (Fsp3) is 0.167. The Morgan fingerprint density at radius 2 is 1.56 bits per heavy atom. The summed E-state index contributed by atoms with van der Waals surface area (Å²) in [6.45, 7) is 0. The molecule has 2 aromatic rings. The van der Waals surface area contributed by atoms with Crippen molar-refractivity contribution in [1.29, 1.82) is 0 Å². The number of rotatable bonds is 2. The summed E-state index contributed by atoms with van der Waals surface area (Å²) in [5, 5.41) is 11.4. The lowest BCUT2D eigenvalue weighted by molar-refractivity contribution is 0.248. The summed E-state index contributed by atoms with van der Waals surface area (Å²) < 4.78 is 4.67. The lowest BCUT2D eigenvalue weighted by Gasteiger charge is -1.97. The van der Waals surface area contributed by atoms with E-state index >= 15 is 0 Å². The molecule has 0 amide bonds. The van der Waals surface area contributed by atoms with E-state index in [0.29, 0.717) is 16.8 Å². The van der Waals surface area contributed by atoms with Crippen molar-refractivity contribution in [2.75, 3.05) is 11.0 Å². The molecule has 1 N–H and O–H groups in total. The Balaban J connectivity index is 0.000000221. The first-order valence-electron chi connectivity index (χ1n) is 4.66. The molecule has 16 heavy (non-hydrogen) atoms. The number of fused-ring (bicyclic) bond motifs is 1. The van der Waals surface area contributed by atoms with Crippen LogP contribution in [-0.2, 0) is 4.74 Å². The predicted octanol–water partition coefficient (Wildman–Crippen LogP) is 4.25. The molecule has 2 rings (SSSR count). The third-order valence-corrected chi connectivity index (χ3v) is 2.57. The molecule has 86 valence electrons. The molecule has 0 atom stereocenters. The van der Waals surface area contributed by atoms with Crippen LogP contribution in [-0.4, -0.2) is 16.1 Å². The second kappa shape index (κ2) is 7.65. The number of aromatic hydroxyl groups is 1. The van der Waals surface area contributed by atoms with Crippen molar-refractivity contribution in [2.24, 2.45) is 0 Å². The maximum atomic E-state index is 9.37. The molecule has 2 aromatic carbocycles. The van der Waals surface area contributed by atoms with Crippen LogP contribution in [0.1, 0.15) is 0 Å². The van der Waals surface area contributed by atoms with Gasteiger partial charge in [0.25, 0.3) is 0 Å². The molecule has 0 heterocycles. The van der Waals surface area contributed by atoms with Gasteiger partial charge in [0.2, 0.25) is 0 Å². The maximum Gasteiger partial charge on any atom is 0.123 e. The number of benzene rings is 2. The Bertz CT molecular complexity index is 425. The summed E-state index contributed by atoms with van der Waals surface area (Å²) in [6.07, 6.45) is 0. The van der Waals surface area contributed by atoms with E-state index in [1.165, 1.54) is 0 Å². The van der Waals surface area contributed by atoms with Crippen molar-refractivity contribution in [3.8, 4) is 5.75 Å². The molecule has 0 aromatic heterocycles. The molecule has 4 heteroatoms. The molecule has 0 radical (unpaired) electrons. The van der Waals surface area contributed by atoms with E-state index in [-0.39, 0.29) is 0 Å². The van der Waals surface area contributed by atoms with Crippen molar-refractivity contribution in [3.63, 3.8) is 0 Å². The molecular weight excluding hydrogens is 336 g/mol. The zero-order valence-corrected chi connectivity index (χ0v) is 11.7. The van der Waals surface area contributed by atoms with Crippen LogP contribution in [0.2, 0.25) is 0 Å². The molecule has 0 fully saturated rings. The van der Waals surface area contributed by atoms with E-state index in [1.807, 2.05) is 36.4 Å². The van der Waals surface area contributed by atoms with E-state index < -0.39 is 0 Å². The minimum atomic E-state index is 0.350. The summed E-state index contributed by atoms with van der Waals surface area (Å²) in [4.78, 5) is 0. The molecule has 0 saturated heterocycles. The quantitative estimate of drug-likeness (QED) is 0.823. The van der Waals surface area contributed by atoms with E-state index in [2.05, 4.69) is 36.6 Å². The number of ether oxygens (including phenoxy) is 1. The topological polar surface area (TPSA) is 29.5 Å². The van der Waals surface area contributed by atoms with Gasteiger partial charge in [-0.25, -0.2) is 0 Å². The van der Waals surface area contributed by atoms with Gasteiger partial charge in [0.05, 0.1) is 0 Å². The standard InChI is InChI=1S/C10H8O.C2H4Br2O/c11-10-7-3-5-8-4-1-2-6-9(8)10;3-1-5-2-4/h1-7,11H;1-2H2. The number of phenols is 1. The summed E-state index contributed by atoms with van der Waals surface area (Å²) in [5.41, 5.74) is 1.22. The van der Waals surface area contributed by atoms with E-state index in [9.17, 15) is 5.11 Å². The first-order chi connectivity index (χ1) is 7.79. The maximum absolute atomic E-state index is 9.37. The minimum Gasteiger partial charge on any atom is -0.507 e. The molecule has 0 aliphatic heterocycles. The monoisotopic (exact) mass is 346 g/mol. The lowest BCUT2D eigenvalue weighted by Crippen LogP contribution is -1.76. The summed E-state index contributed by atoms with van der Waals surface area (Å²) >= 11 is 6.11. The zero-order valence-electron chi connectivity index (χ0n) is 8.57. The Morgan fingerprint density at radius 1 is 0.938 bits per heavy atom. The van der Waals surface area contributed by atoms with Gasteiger partial charge in [-0.2, -0.15) is 0 Å². The van der Waals surface area contributed by atoms with Crippen LogP contribution in [0, 0.1) is 0 Å². The van der Waals surface area contributed by atoms with Crippen LogP contribution >= 0.6 is 31.9 Å². The number of hydrogen-bond donors (Lipinski definition) is 1. The van der Waals surface area contributed by atoms with Crippen LogP contribution < -0.4 is 0 Å². The number of hydrogen-bond acceptors (Lipinski definition) is 2. The van der Waals surface area contributed by atoms with Gasteiger partial charge in [-0.1, -0.05) is 68.3 Å². The van der Waals surface area contributed by atoms with Crippen LogP contribution in [0.15, 0.2) is 42.5 Å². The van der Waals surface area contributed by atoms with Crippen LogP contribution in [0.3, 0.4) is 0 Å². The van der Waals surface area contributed by atoms with Crippen molar-refractivity contribution in [3.05, 3.63) is 42.5 Å². The zero-order chi connectivity index (χ0) is 11.8. The molecule has 0 spiro atoms. The Kier molecular flexibility index (Phi) is 6.45. The van der Waals surface area contributed by atoms with Crippen LogP contribution in [0.4, 0.5) is 0 Å². The minimum absolute atomic E-state index is 0.350. The SMILES string of the molecule is BrCOCBr.Oc1cccc2ccccc12. The van der Waals surface area contributed by atoms with Gasteiger partial charge >= 0.3 is 0 Å². The Morgan fingerprint density at radius 3 is 2.12 bits per heavy atom. The van der Waals surface area contributed by atoms with Gasteiger partial charge in [0.1, 0.15) is 16.8 Å². The molecular formula is C12H12Br2O2. The smallest absolute Gasteiger partial charge is 0.123 e. The van der Waals surface area contributed by atoms with E-state index in [1.54, 1.807) is 6.07 Å². The van der Waals surface area contributed by atoms with Gasteiger partial charge in [-0.15, -0.1) is 0 Å². The van der Waals surface area contributed by atoms with Crippen molar-refractivity contribution in [1.82, 2.24) is 0 Å². The summed E-state index contributed by atoms with van der Waals surface area (Å²) in [7, 11) is 0. The highest BCUT2D eigenvalue weighted by molar-refractivity contribution is 9.09. The normalized spacial score (nSPS) is 9.62. The van der Waals surface area contributed by atoms with Crippen molar-refractivity contribution in [2.45, 2.75) is 0 Å². The highest BCUT2D eigenvalue weighted by atomic mass is 79.9. The van der Waals surface area contributed by atoms with E-state index in [0.717, 1.165) is 10.8 Å². The van der Waals surface area contributed by atoms with Crippen LogP contribution in [0.5, 0.6) is 5.75 Å². The van der Waals surface area contributed by atoms with Gasteiger partial charge in [0, 0.05) is 5.39 Å². The molecule has 0 aliphatic rings. The average molecular weight is 348 g/mol. The fourth-order valence-electron chi connectivity index (χ4n) is 1.24. The Hall–Kier alpha value is -0.580. The van der Waals surface area contributed by atoms with Gasteiger partial charge < -0.3 is 9.84 Å². The van der Waals surface area contributed by atoms with Gasteiger partial charge in [-0.05, 0) is 11.5 Å². The predicted molar refractivity (Wildman–Crippen MR) is 74.3 cm³/mol. The number of phenolic OH excluding ortho intramolecular Hbond substituents is 1. The highest BCUT2D eigenvalue weighted by Gasteiger charge is 1.94. The largest absolute Gasteiger partial charge is 0.507 e. The third-order valence-electron chi connectivity index (χ3n) is 1.92. The first-order valence-corrected chi connectivity index (χ1v) is 6.90. The Labute approximate surface area is 111 Å². The molecule has 2 nitrogen and oxygen atoms in total. The molecule has 0 saturated carbocycles. The molecule has 0 unspecified atom stereocenters. The highest BCUT2D eigenvalue weighted by Crippen LogP contribution is 2.22. The van der Waals surface area contributed by atoms with Gasteiger partial charge in [-0.3, -0.25) is 0 Å². The van der Waals surface area contributed by atoms with Crippen molar-refractivity contribution < 1.29 is 9.84 Å². The van der Waals surface area contributed by atoms with Crippen LogP contribution in [0.25, 0.3) is 10.8 Å². The third kappa shape index (κ3) is 4.12. The second-order valence-electron chi connectivity index (χ2n) is 2.92. The summed E-state index contributed by atoms with van der Waals surface area (Å²) in [6, 6.07) is 13.3. The number of alkyl halides is 2.